The monoisotopic (exact) mass is 467 g/mol. The first-order valence-corrected chi connectivity index (χ1v) is 11.8. The lowest BCUT2D eigenvalue weighted by Gasteiger charge is -2.32. The van der Waals surface area contributed by atoms with Crippen LogP contribution >= 0.6 is 0 Å². The van der Waals surface area contributed by atoms with Crippen LogP contribution in [0.4, 0.5) is 4.39 Å². The fourth-order valence-corrected chi connectivity index (χ4v) is 4.37. The average Bonchev–Trinajstić information content (AvgIpc) is 2.90. The predicted octanol–water partition coefficient (Wildman–Crippen LogP) is 4.74. The summed E-state index contributed by atoms with van der Waals surface area (Å²) in [7, 11) is 0. The highest BCUT2D eigenvalue weighted by Gasteiger charge is 2.21. The largest absolute Gasteiger partial charge is 0.349 e. The van der Waals surface area contributed by atoms with Crippen molar-refractivity contribution in [1.82, 2.24) is 25.2 Å². The van der Waals surface area contributed by atoms with Gasteiger partial charge < -0.3 is 5.32 Å². The van der Waals surface area contributed by atoms with Crippen molar-refractivity contribution >= 4 is 5.91 Å². The van der Waals surface area contributed by atoms with E-state index in [2.05, 4.69) is 37.3 Å². The molecule has 0 saturated carbocycles. The fraction of sp³-hybridized carbons (Fsp3) is 0.214. The molecule has 0 aliphatic carbocycles. The second kappa shape index (κ2) is 10.5. The third kappa shape index (κ3) is 5.75. The molecule has 35 heavy (non-hydrogen) atoms. The molecular weight excluding hydrogens is 441 g/mol. The SMILES string of the molecule is O=C(NC1CCN(Cc2cccc(-c3ncccn3)c2)CC1)c1ccc(-c2cccc(F)c2)nc1. The van der Waals surface area contributed by atoms with E-state index >= 15 is 0 Å². The Morgan fingerprint density at radius 3 is 2.43 bits per heavy atom. The van der Waals surface area contributed by atoms with E-state index in [4.69, 9.17) is 0 Å². The number of nitrogens with zero attached hydrogens (tertiary/aromatic N) is 4. The first-order chi connectivity index (χ1) is 17.1. The molecule has 0 radical (unpaired) electrons. The van der Waals surface area contributed by atoms with E-state index in [9.17, 15) is 9.18 Å². The normalized spacial score (nSPS) is 14.5. The third-order valence-corrected chi connectivity index (χ3v) is 6.23. The van der Waals surface area contributed by atoms with Gasteiger partial charge in [0.05, 0.1) is 11.3 Å². The lowest BCUT2D eigenvalue weighted by molar-refractivity contribution is 0.0908. The van der Waals surface area contributed by atoms with Crippen LogP contribution in [0.2, 0.25) is 0 Å². The summed E-state index contributed by atoms with van der Waals surface area (Å²) in [5.74, 6) is 0.293. The van der Waals surface area contributed by atoms with Crippen LogP contribution in [0.25, 0.3) is 22.6 Å². The Morgan fingerprint density at radius 1 is 0.914 bits per heavy atom. The van der Waals surface area contributed by atoms with Crippen LogP contribution in [0.1, 0.15) is 28.8 Å². The van der Waals surface area contributed by atoms with E-state index < -0.39 is 0 Å². The van der Waals surface area contributed by atoms with Gasteiger partial charge in [-0.3, -0.25) is 14.7 Å². The highest BCUT2D eigenvalue weighted by molar-refractivity contribution is 5.94. The molecule has 1 N–H and O–H groups in total. The van der Waals surface area contributed by atoms with Gasteiger partial charge in [-0.2, -0.15) is 0 Å². The van der Waals surface area contributed by atoms with Crippen LogP contribution in [0.5, 0.6) is 0 Å². The maximum atomic E-state index is 13.5. The molecule has 3 heterocycles. The van der Waals surface area contributed by atoms with Crippen molar-refractivity contribution in [3.63, 3.8) is 0 Å². The quantitative estimate of drug-likeness (QED) is 0.444. The summed E-state index contributed by atoms with van der Waals surface area (Å²) in [6, 6.07) is 20.0. The van der Waals surface area contributed by atoms with Crippen LogP contribution in [-0.2, 0) is 6.54 Å². The molecule has 1 fully saturated rings. The summed E-state index contributed by atoms with van der Waals surface area (Å²) < 4.78 is 13.5. The van der Waals surface area contributed by atoms with Gasteiger partial charge in [-0.15, -0.1) is 0 Å². The Kier molecular flexibility index (Phi) is 6.86. The third-order valence-electron chi connectivity index (χ3n) is 6.23. The van der Waals surface area contributed by atoms with Crippen LogP contribution in [0.15, 0.2) is 85.3 Å². The molecule has 6 nitrogen and oxygen atoms in total. The Hall–Kier alpha value is -3.97. The van der Waals surface area contributed by atoms with Crippen molar-refractivity contribution in [2.75, 3.05) is 13.1 Å². The number of likely N-dealkylation sites (tertiary alicyclic amines) is 1. The number of pyridine rings is 1. The molecule has 2 aromatic heterocycles. The molecule has 0 atom stereocenters. The minimum absolute atomic E-state index is 0.127. The number of benzene rings is 2. The number of piperidine rings is 1. The maximum Gasteiger partial charge on any atom is 0.253 e. The number of nitrogens with one attached hydrogen (secondary N) is 1. The molecule has 2 aromatic carbocycles. The van der Waals surface area contributed by atoms with Gasteiger partial charge in [-0.25, -0.2) is 14.4 Å². The van der Waals surface area contributed by atoms with E-state index in [1.807, 2.05) is 18.2 Å². The Balaban J connectivity index is 1.13. The molecule has 5 rings (SSSR count). The number of aromatic nitrogens is 3. The molecule has 1 saturated heterocycles. The van der Waals surface area contributed by atoms with Crippen LogP contribution in [0, 0.1) is 5.82 Å². The van der Waals surface area contributed by atoms with Gasteiger partial charge in [-0.1, -0.05) is 30.3 Å². The summed E-state index contributed by atoms with van der Waals surface area (Å²) >= 11 is 0. The fourth-order valence-electron chi connectivity index (χ4n) is 4.37. The first-order valence-electron chi connectivity index (χ1n) is 11.8. The number of carbonyl (C=O) groups is 1. The number of halogens is 1. The maximum absolute atomic E-state index is 13.5. The molecule has 0 bridgehead atoms. The van der Waals surface area contributed by atoms with Gasteiger partial charge in [0.25, 0.3) is 5.91 Å². The van der Waals surface area contributed by atoms with Crippen LogP contribution in [0.3, 0.4) is 0 Å². The summed E-state index contributed by atoms with van der Waals surface area (Å²) in [4.78, 5) is 28.2. The first kappa shape index (κ1) is 22.8. The molecule has 176 valence electrons. The van der Waals surface area contributed by atoms with Gasteiger partial charge in [0.15, 0.2) is 5.82 Å². The number of rotatable bonds is 6. The lowest BCUT2D eigenvalue weighted by Crippen LogP contribution is -2.44. The molecule has 7 heteroatoms. The standard InChI is InChI=1S/C28H26FN5O/c29-24-7-2-5-21(17-24)26-9-8-23(18-32-26)28(35)33-25-10-14-34(15-11-25)19-20-4-1-6-22(16-20)27-30-12-3-13-31-27/h1-9,12-13,16-18,25H,10-11,14-15,19H2,(H,33,35). The van der Waals surface area contributed by atoms with Crippen molar-refractivity contribution < 1.29 is 9.18 Å². The molecule has 1 aliphatic rings. The van der Waals surface area contributed by atoms with E-state index in [0.717, 1.165) is 43.9 Å². The van der Waals surface area contributed by atoms with Gasteiger partial charge in [-0.05, 0) is 54.8 Å². The molecule has 0 spiro atoms. The highest BCUT2D eigenvalue weighted by Crippen LogP contribution is 2.20. The molecule has 4 aromatic rings. The Morgan fingerprint density at radius 2 is 1.69 bits per heavy atom. The zero-order chi connectivity index (χ0) is 24.0. The summed E-state index contributed by atoms with van der Waals surface area (Å²) in [5.41, 5.74) is 4.07. The Labute approximate surface area is 203 Å². The van der Waals surface area contributed by atoms with Crippen molar-refractivity contribution in [2.45, 2.75) is 25.4 Å². The van der Waals surface area contributed by atoms with E-state index in [-0.39, 0.29) is 17.8 Å². The smallest absolute Gasteiger partial charge is 0.253 e. The van der Waals surface area contributed by atoms with Crippen LogP contribution < -0.4 is 5.32 Å². The van der Waals surface area contributed by atoms with Crippen molar-refractivity contribution in [3.05, 3.63) is 102 Å². The molecule has 0 unspecified atom stereocenters. The van der Waals surface area contributed by atoms with Gasteiger partial charge in [0.1, 0.15) is 5.82 Å². The lowest BCUT2D eigenvalue weighted by atomic mass is 10.0. The second-order valence-electron chi connectivity index (χ2n) is 8.74. The van der Waals surface area contributed by atoms with E-state index in [1.54, 1.807) is 42.9 Å². The van der Waals surface area contributed by atoms with Crippen molar-refractivity contribution in [1.29, 1.82) is 0 Å². The minimum Gasteiger partial charge on any atom is -0.349 e. The average molecular weight is 468 g/mol. The van der Waals surface area contributed by atoms with Gasteiger partial charge >= 0.3 is 0 Å². The van der Waals surface area contributed by atoms with Crippen LogP contribution in [-0.4, -0.2) is 44.9 Å². The zero-order valence-electron chi connectivity index (χ0n) is 19.3. The van der Waals surface area contributed by atoms with E-state index in [1.165, 1.54) is 17.7 Å². The number of carbonyl (C=O) groups excluding carboxylic acids is 1. The van der Waals surface area contributed by atoms with Crippen molar-refractivity contribution in [2.24, 2.45) is 0 Å². The van der Waals surface area contributed by atoms with Gasteiger partial charge in [0.2, 0.25) is 0 Å². The number of amides is 1. The van der Waals surface area contributed by atoms with E-state index in [0.29, 0.717) is 16.8 Å². The predicted molar refractivity (Wildman–Crippen MR) is 133 cm³/mol. The summed E-state index contributed by atoms with van der Waals surface area (Å²) in [6.07, 6.45) is 6.84. The molecule has 1 aliphatic heterocycles. The summed E-state index contributed by atoms with van der Waals surface area (Å²) in [6.45, 7) is 2.67. The minimum atomic E-state index is -0.310. The second-order valence-corrected chi connectivity index (χ2v) is 8.74. The van der Waals surface area contributed by atoms with Gasteiger partial charge in [0, 0.05) is 55.4 Å². The topological polar surface area (TPSA) is 71.0 Å². The Bertz CT molecular complexity index is 1290. The summed E-state index contributed by atoms with van der Waals surface area (Å²) in [5, 5.41) is 3.14. The molecular formula is C28H26FN5O. The zero-order valence-corrected chi connectivity index (χ0v) is 19.3. The molecule has 1 amide bonds. The highest BCUT2D eigenvalue weighted by atomic mass is 19.1. The number of hydrogen-bond acceptors (Lipinski definition) is 5. The van der Waals surface area contributed by atoms with Crippen molar-refractivity contribution in [3.8, 4) is 22.6 Å². The number of hydrogen-bond donors (Lipinski definition) is 1.